The van der Waals surface area contributed by atoms with Gasteiger partial charge in [-0.1, -0.05) is 42.5 Å². The average Bonchev–Trinajstić information content (AvgIpc) is 2.83. The number of thiocarbonyl (C=S) groups is 1. The van der Waals surface area contributed by atoms with Gasteiger partial charge in [0.15, 0.2) is 0 Å². The van der Waals surface area contributed by atoms with Gasteiger partial charge in [-0.25, -0.2) is 0 Å². The first kappa shape index (κ1) is 11.4. The van der Waals surface area contributed by atoms with Gasteiger partial charge in [0.2, 0.25) is 0 Å². The van der Waals surface area contributed by atoms with Crippen molar-refractivity contribution in [2.75, 3.05) is 0 Å². The molecule has 1 N–H and O–H groups in total. The first-order chi connectivity index (χ1) is 7.77. The second-order valence-electron chi connectivity index (χ2n) is 3.54. The van der Waals surface area contributed by atoms with E-state index in [0.717, 1.165) is 9.89 Å². The van der Waals surface area contributed by atoms with Crippen molar-refractivity contribution in [2.45, 2.75) is 12.2 Å². The van der Waals surface area contributed by atoms with Crippen LogP contribution in [0.2, 0.25) is 0 Å². The summed E-state index contributed by atoms with van der Waals surface area (Å²) in [6.07, 6.45) is 1.90. The zero-order chi connectivity index (χ0) is 11.4. The van der Waals surface area contributed by atoms with Crippen molar-refractivity contribution in [2.24, 2.45) is 0 Å². The summed E-state index contributed by atoms with van der Waals surface area (Å²) in [5.41, 5.74) is 2.34. The molecule has 16 heavy (non-hydrogen) atoms. The summed E-state index contributed by atoms with van der Waals surface area (Å²) in [6, 6.07) is 14.4. The van der Waals surface area contributed by atoms with E-state index in [4.69, 9.17) is 12.2 Å². The van der Waals surface area contributed by atoms with Gasteiger partial charge in [0, 0.05) is 11.4 Å². The van der Waals surface area contributed by atoms with Crippen molar-refractivity contribution in [1.29, 1.82) is 0 Å². The highest BCUT2D eigenvalue weighted by atomic mass is 32.2. The van der Waals surface area contributed by atoms with Crippen LogP contribution < -0.4 is 0 Å². The Hall–Kier alpha value is -1.06. The summed E-state index contributed by atoms with van der Waals surface area (Å²) in [4.78, 5) is 3.13. The second kappa shape index (κ2) is 5.32. The Bertz CT molecular complexity index is 448. The molecule has 1 nitrogen and oxygen atoms in total. The Morgan fingerprint density at radius 1 is 1.19 bits per heavy atom. The standard InChI is InChI=1S/C13H13NS2/c1-10(11-6-3-2-4-7-11)16-13(15)12-8-5-9-14-12/h2-10,14H,1H3. The van der Waals surface area contributed by atoms with Gasteiger partial charge >= 0.3 is 0 Å². The average molecular weight is 247 g/mol. The van der Waals surface area contributed by atoms with Crippen LogP contribution in [0.15, 0.2) is 48.7 Å². The molecular formula is C13H13NS2. The highest BCUT2D eigenvalue weighted by Crippen LogP contribution is 2.30. The van der Waals surface area contributed by atoms with E-state index in [-0.39, 0.29) is 0 Å². The number of hydrogen-bond acceptors (Lipinski definition) is 2. The third kappa shape index (κ3) is 2.74. The van der Waals surface area contributed by atoms with Crippen LogP contribution in [-0.4, -0.2) is 9.18 Å². The lowest BCUT2D eigenvalue weighted by Gasteiger charge is -2.11. The third-order valence-corrected chi connectivity index (χ3v) is 3.94. The number of rotatable bonds is 3. The van der Waals surface area contributed by atoms with E-state index in [0.29, 0.717) is 5.25 Å². The number of thioether (sulfide) groups is 1. The molecular weight excluding hydrogens is 234 g/mol. The number of nitrogens with one attached hydrogen (secondary N) is 1. The van der Waals surface area contributed by atoms with Crippen LogP contribution in [0.3, 0.4) is 0 Å². The molecule has 1 aromatic carbocycles. The van der Waals surface area contributed by atoms with Gasteiger partial charge in [0.05, 0.1) is 9.89 Å². The molecule has 3 heteroatoms. The van der Waals surface area contributed by atoms with Gasteiger partial charge in [0.25, 0.3) is 0 Å². The molecule has 0 saturated heterocycles. The Morgan fingerprint density at radius 3 is 2.56 bits per heavy atom. The predicted octanol–water partition coefficient (Wildman–Crippen LogP) is 4.18. The zero-order valence-electron chi connectivity index (χ0n) is 9.01. The fraction of sp³-hybridized carbons (Fsp3) is 0.154. The van der Waals surface area contributed by atoms with Gasteiger partial charge in [-0.15, -0.1) is 11.8 Å². The second-order valence-corrected chi connectivity index (χ2v) is 5.56. The number of aromatic amines is 1. The number of hydrogen-bond donors (Lipinski definition) is 1. The van der Waals surface area contributed by atoms with Crippen molar-refractivity contribution in [3.05, 3.63) is 59.9 Å². The van der Waals surface area contributed by atoms with Crippen LogP contribution in [0.5, 0.6) is 0 Å². The summed E-state index contributed by atoms with van der Waals surface area (Å²) in [5, 5.41) is 0.386. The molecule has 0 amide bonds. The van der Waals surface area contributed by atoms with Crippen molar-refractivity contribution < 1.29 is 0 Å². The molecule has 0 aliphatic rings. The fourth-order valence-electron chi connectivity index (χ4n) is 1.47. The fourth-order valence-corrected chi connectivity index (χ4v) is 2.90. The minimum absolute atomic E-state index is 0.386. The molecule has 0 radical (unpaired) electrons. The molecule has 0 saturated carbocycles. The summed E-state index contributed by atoms with van der Waals surface area (Å²) in [7, 11) is 0. The highest BCUT2D eigenvalue weighted by molar-refractivity contribution is 8.23. The predicted molar refractivity (Wildman–Crippen MR) is 74.9 cm³/mol. The maximum atomic E-state index is 5.38. The number of aromatic nitrogens is 1. The summed E-state index contributed by atoms with van der Waals surface area (Å²) in [5.74, 6) is 0. The van der Waals surface area contributed by atoms with Crippen LogP contribution in [0.25, 0.3) is 0 Å². The molecule has 2 rings (SSSR count). The molecule has 1 atom stereocenters. The van der Waals surface area contributed by atoms with E-state index in [1.807, 2.05) is 24.4 Å². The zero-order valence-corrected chi connectivity index (χ0v) is 10.6. The molecule has 0 aliphatic heterocycles. The maximum Gasteiger partial charge on any atom is 0.0946 e. The lowest BCUT2D eigenvalue weighted by molar-refractivity contribution is 1.11. The molecule has 0 spiro atoms. The summed E-state index contributed by atoms with van der Waals surface area (Å²) >= 11 is 7.09. The molecule has 82 valence electrons. The van der Waals surface area contributed by atoms with Crippen LogP contribution in [0.4, 0.5) is 0 Å². The molecule has 0 fully saturated rings. The monoisotopic (exact) mass is 247 g/mol. The lowest BCUT2D eigenvalue weighted by Crippen LogP contribution is -1.96. The van der Waals surface area contributed by atoms with Crippen LogP contribution in [0, 0.1) is 0 Å². The first-order valence-corrected chi connectivity index (χ1v) is 6.45. The van der Waals surface area contributed by atoms with E-state index >= 15 is 0 Å². The van der Waals surface area contributed by atoms with Crippen LogP contribution in [-0.2, 0) is 0 Å². The van der Waals surface area contributed by atoms with Crippen molar-refractivity contribution >= 4 is 28.2 Å². The van der Waals surface area contributed by atoms with Gasteiger partial charge in [-0.3, -0.25) is 0 Å². The number of H-pyrrole nitrogens is 1. The number of benzene rings is 1. The Balaban J connectivity index is 2.03. The van der Waals surface area contributed by atoms with Gasteiger partial charge < -0.3 is 4.98 Å². The van der Waals surface area contributed by atoms with Crippen molar-refractivity contribution in [3.63, 3.8) is 0 Å². The third-order valence-electron chi connectivity index (χ3n) is 2.37. The van der Waals surface area contributed by atoms with E-state index in [9.17, 15) is 0 Å². The van der Waals surface area contributed by atoms with Gasteiger partial charge in [-0.05, 0) is 24.6 Å². The minimum Gasteiger partial charge on any atom is -0.360 e. The molecule has 0 bridgehead atoms. The van der Waals surface area contributed by atoms with E-state index in [2.05, 4.69) is 36.2 Å². The SMILES string of the molecule is CC(SC(=S)c1ccc[nH]1)c1ccccc1. The van der Waals surface area contributed by atoms with Crippen molar-refractivity contribution in [1.82, 2.24) is 4.98 Å². The van der Waals surface area contributed by atoms with E-state index in [1.165, 1.54) is 5.56 Å². The molecule has 0 aliphatic carbocycles. The molecule has 1 heterocycles. The van der Waals surface area contributed by atoms with Gasteiger partial charge in [0.1, 0.15) is 0 Å². The lowest BCUT2D eigenvalue weighted by atomic mass is 10.2. The smallest absolute Gasteiger partial charge is 0.0946 e. The van der Waals surface area contributed by atoms with E-state index < -0.39 is 0 Å². The Kier molecular flexibility index (Phi) is 3.80. The summed E-state index contributed by atoms with van der Waals surface area (Å²) < 4.78 is 0.918. The minimum atomic E-state index is 0.386. The Labute approximate surface area is 105 Å². The summed E-state index contributed by atoms with van der Waals surface area (Å²) in [6.45, 7) is 2.18. The molecule has 1 aromatic heterocycles. The van der Waals surface area contributed by atoms with Gasteiger partial charge in [-0.2, -0.15) is 0 Å². The van der Waals surface area contributed by atoms with Crippen LogP contribution in [0.1, 0.15) is 23.4 Å². The van der Waals surface area contributed by atoms with Crippen molar-refractivity contribution in [3.8, 4) is 0 Å². The highest BCUT2D eigenvalue weighted by Gasteiger charge is 2.10. The largest absolute Gasteiger partial charge is 0.360 e. The quantitative estimate of drug-likeness (QED) is 0.819. The molecule has 2 aromatic rings. The maximum absolute atomic E-state index is 5.38. The van der Waals surface area contributed by atoms with E-state index in [1.54, 1.807) is 11.8 Å². The Morgan fingerprint density at radius 2 is 1.94 bits per heavy atom. The topological polar surface area (TPSA) is 15.8 Å². The molecule has 1 unspecified atom stereocenters. The first-order valence-electron chi connectivity index (χ1n) is 5.16. The van der Waals surface area contributed by atoms with Crippen LogP contribution >= 0.6 is 24.0 Å². The normalized spacial score (nSPS) is 12.3.